The number of rotatable bonds is 5. The molecule has 1 amide bonds. The molecule has 0 aliphatic carbocycles. The number of nitrogens with one attached hydrogen (secondary N) is 4. The second kappa shape index (κ2) is 6.42. The average molecular weight is 346 g/mol. The maximum Gasteiger partial charge on any atom is 0.269 e. The van der Waals surface area contributed by atoms with E-state index in [9.17, 15) is 9.18 Å². The third kappa shape index (κ3) is 3.04. The first-order valence-corrected chi connectivity index (χ1v) is 9.31. The smallest absolute Gasteiger partial charge is 0.269 e. The van der Waals surface area contributed by atoms with E-state index in [4.69, 9.17) is 0 Å². The average Bonchev–Trinajstić information content (AvgIpc) is 2.82. The van der Waals surface area contributed by atoms with E-state index >= 15 is 0 Å². The highest BCUT2D eigenvalue weighted by atomic mass is 19.1. The van der Waals surface area contributed by atoms with E-state index in [-0.39, 0.29) is 17.1 Å². The molecule has 4 aliphatic heterocycles. The molecule has 5 nitrogen and oxygen atoms in total. The van der Waals surface area contributed by atoms with Crippen molar-refractivity contribution in [2.24, 2.45) is 5.41 Å². The summed E-state index contributed by atoms with van der Waals surface area (Å²) in [6.07, 6.45) is 2.29. The molecule has 5 rings (SSSR count). The maximum atomic E-state index is 13.0. The van der Waals surface area contributed by atoms with Crippen LogP contribution in [0.2, 0.25) is 0 Å². The molecule has 1 aromatic rings. The van der Waals surface area contributed by atoms with Gasteiger partial charge >= 0.3 is 0 Å². The fourth-order valence-corrected chi connectivity index (χ4v) is 5.04. The number of fused-ring (bicyclic) bond motifs is 1. The molecule has 0 aromatic heterocycles. The van der Waals surface area contributed by atoms with Gasteiger partial charge in [-0.25, -0.2) is 4.39 Å². The molecule has 0 saturated carbocycles. The van der Waals surface area contributed by atoms with Crippen molar-refractivity contribution in [2.75, 3.05) is 39.3 Å². The zero-order valence-electron chi connectivity index (χ0n) is 14.8. The second-order valence-corrected chi connectivity index (χ2v) is 7.80. The minimum atomic E-state index is -0.331. The van der Waals surface area contributed by atoms with Crippen molar-refractivity contribution in [3.05, 3.63) is 46.9 Å². The van der Waals surface area contributed by atoms with Crippen molar-refractivity contribution in [3.8, 4) is 0 Å². The van der Waals surface area contributed by atoms with Crippen LogP contribution in [-0.4, -0.2) is 45.2 Å². The Morgan fingerprint density at radius 2 is 1.80 bits per heavy atom. The molecule has 1 aromatic carbocycles. The summed E-state index contributed by atoms with van der Waals surface area (Å²) < 4.78 is 13.0. The van der Waals surface area contributed by atoms with E-state index in [2.05, 4.69) is 17.8 Å². The van der Waals surface area contributed by atoms with Crippen LogP contribution in [0.15, 0.2) is 35.5 Å². The number of hydrazine groups is 1. The third-order valence-corrected chi connectivity index (χ3v) is 5.96. The monoisotopic (exact) mass is 346 g/mol. The fourth-order valence-electron chi connectivity index (χ4n) is 5.04. The largest absolute Gasteiger partial charge is 0.326 e. The van der Waals surface area contributed by atoms with Gasteiger partial charge in [-0.1, -0.05) is 13.3 Å². The van der Waals surface area contributed by atoms with Crippen molar-refractivity contribution in [1.82, 2.24) is 10.9 Å². The Morgan fingerprint density at radius 1 is 1.16 bits per heavy atom. The lowest BCUT2D eigenvalue weighted by atomic mass is 9.73. The van der Waals surface area contributed by atoms with Crippen LogP contribution in [0.4, 0.5) is 4.39 Å². The van der Waals surface area contributed by atoms with E-state index in [1.807, 2.05) is 0 Å². The Morgan fingerprint density at radius 3 is 2.40 bits per heavy atom. The van der Waals surface area contributed by atoms with Gasteiger partial charge in [0.15, 0.2) is 0 Å². The zero-order valence-corrected chi connectivity index (χ0v) is 14.8. The first-order chi connectivity index (χ1) is 12.1. The summed E-state index contributed by atoms with van der Waals surface area (Å²) in [6.45, 7) is 9.22. The first kappa shape index (κ1) is 16.5. The zero-order chi connectivity index (χ0) is 17.4. The van der Waals surface area contributed by atoms with Gasteiger partial charge < -0.3 is 15.2 Å². The Balaban J connectivity index is 1.55. The number of quaternary nitrogens is 2. The van der Waals surface area contributed by atoms with Crippen LogP contribution in [0.3, 0.4) is 0 Å². The molecule has 4 heterocycles. The number of hydrogen-bond acceptors (Lipinski definition) is 2. The minimum absolute atomic E-state index is 0.151. The molecular formula is C19H27FN4O+2. The Hall–Kier alpha value is -1.92. The van der Waals surface area contributed by atoms with Crippen molar-refractivity contribution < 1.29 is 19.0 Å². The summed E-state index contributed by atoms with van der Waals surface area (Å²) in [5.41, 5.74) is 9.48. The minimum Gasteiger partial charge on any atom is -0.326 e. The molecule has 134 valence electrons. The number of benzene rings is 1. The second-order valence-electron chi connectivity index (χ2n) is 7.80. The fraction of sp³-hybridized carbons (Fsp3) is 0.526. The number of carbonyl (C=O) groups excluding carboxylic acids is 1. The van der Waals surface area contributed by atoms with Crippen LogP contribution in [0.1, 0.15) is 30.1 Å². The van der Waals surface area contributed by atoms with Crippen molar-refractivity contribution in [1.29, 1.82) is 0 Å². The molecule has 2 unspecified atom stereocenters. The van der Waals surface area contributed by atoms with Crippen LogP contribution in [-0.2, 0) is 0 Å². The molecule has 2 saturated heterocycles. The standard InChI is InChI=1S/C19H25FN4O/c1-2-7-19-12-23-8-9-24(13-19)11-15(10-23)17(19)21-22-18(25)14-3-5-16(20)6-4-14/h3-6,21H,2,7-13H2,1H3,(H,22,25)/p+2. The van der Waals surface area contributed by atoms with Gasteiger partial charge in [-0.3, -0.25) is 10.2 Å². The predicted octanol–water partition coefficient (Wildman–Crippen LogP) is -1.09. The van der Waals surface area contributed by atoms with Crippen LogP contribution in [0, 0.1) is 11.2 Å². The number of hydrogen-bond donors (Lipinski definition) is 4. The molecule has 2 atom stereocenters. The van der Waals surface area contributed by atoms with Gasteiger partial charge in [-0.2, -0.15) is 0 Å². The molecule has 4 N–H and O–H groups in total. The van der Waals surface area contributed by atoms with Gasteiger partial charge in [0, 0.05) is 5.56 Å². The summed E-state index contributed by atoms with van der Waals surface area (Å²) >= 11 is 0. The summed E-state index contributed by atoms with van der Waals surface area (Å²) in [7, 11) is 0. The molecule has 4 bridgehead atoms. The van der Waals surface area contributed by atoms with Gasteiger partial charge in [0.2, 0.25) is 0 Å². The number of amides is 1. The first-order valence-electron chi connectivity index (χ1n) is 9.31. The Kier molecular flexibility index (Phi) is 4.25. The molecule has 4 aliphatic rings. The van der Waals surface area contributed by atoms with E-state index < -0.39 is 0 Å². The highest BCUT2D eigenvalue weighted by Gasteiger charge is 2.52. The maximum absolute atomic E-state index is 13.0. The van der Waals surface area contributed by atoms with Gasteiger partial charge in [0.25, 0.3) is 5.91 Å². The lowest BCUT2D eigenvalue weighted by Crippen LogP contribution is -3.14. The summed E-state index contributed by atoms with van der Waals surface area (Å²) in [5.74, 6) is -0.547. The van der Waals surface area contributed by atoms with Crippen molar-refractivity contribution >= 4 is 5.91 Å². The normalized spacial score (nSPS) is 30.3. The van der Waals surface area contributed by atoms with Crippen LogP contribution in [0.25, 0.3) is 0 Å². The SMILES string of the molecule is CCCC12C[NH+]3CC[NH+](CC(=C1NNC(=O)c1ccc(F)cc1)C3)C2. The molecule has 2 fully saturated rings. The molecular weight excluding hydrogens is 319 g/mol. The summed E-state index contributed by atoms with van der Waals surface area (Å²) in [4.78, 5) is 15.8. The summed E-state index contributed by atoms with van der Waals surface area (Å²) in [5, 5.41) is 0. The van der Waals surface area contributed by atoms with E-state index in [0.717, 1.165) is 39.0 Å². The number of carbonyl (C=O) groups is 1. The highest BCUT2D eigenvalue weighted by molar-refractivity contribution is 5.93. The molecule has 6 heteroatoms. The van der Waals surface area contributed by atoms with Gasteiger partial charge in [0.05, 0.1) is 24.4 Å². The number of halogens is 1. The molecule has 0 radical (unpaired) electrons. The Labute approximate surface area is 147 Å². The van der Waals surface area contributed by atoms with E-state index in [1.54, 1.807) is 9.80 Å². The van der Waals surface area contributed by atoms with E-state index in [1.165, 1.54) is 48.6 Å². The topological polar surface area (TPSA) is 50.0 Å². The van der Waals surface area contributed by atoms with E-state index in [0.29, 0.717) is 5.56 Å². The molecule has 25 heavy (non-hydrogen) atoms. The van der Waals surface area contributed by atoms with Crippen LogP contribution < -0.4 is 20.7 Å². The van der Waals surface area contributed by atoms with Crippen LogP contribution in [0.5, 0.6) is 0 Å². The quantitative estimate of drug-likeness (QED) is 0.512. The Bertz CT molecular complexity index is 682. The van der Waals surface area contributed by atoms with Gasteiger partial charge in [-0.15, -0.1) is 0 Å². The lowest BCUT2D eigenvalue weighted by Gasteiger charge is -2.44. The van der Waals surface area contributed by atoms with Gasteiger partial charge in [0.1, 0.15) is 37.4 Å². The lowest BCUT2D eigenvalue weighted by molar-refractivity contribution is -0.918. The van der Waals surface area contributed by atoms with Crippen molar-refractivity contribution in [3.63, 3.8) is 0 Å². The molecule has 0 spiro atoms. The third-order valence-electron chi connectivity index (χ3n) is 5.96. The highest BCUT2D eigenvalue weighted by Crippen LogP contribution is 2.34. The van der Waals surface area contributed by atoms with Gasteiger partial charge in [-0.05, 0) is 30.7 Å². The summed E-state index contributed by atoms with van der Waals surface area (Å²) in [6, 6.07) is 5.66. The van der Waals surface area contributed by atoms with Crippen LogP contribution >= 0.6 is 0 Å². The van der Waals surface area contributed by atoms with Crippen molar-refractivity contribution in [2.45, 2.75) is 19.8 Å². The predicted molar refractivity (Wildman–Crippen MR) is 92.5 cm³/mol.